The van der Waals surface area contributed by atoms with E-state index in [9.17, 15) is 4.79 Å². The van der Waals surface area contributed by atoms with Crippen molar-refractivity contribution in [2.75, 3.05) is 18.5 Å². The summed E-state index contributed by atoms with van der Waals surface area (Å²) in [5.74, 6) is -0.204. The molecule has 0 aliphatic carbocycles. The van der Waals surface area contributed by atoms with E-state index in [-0.39, 0.29) is 5.91 Å². The fraction of sp³-hybridized carbons (Fsp3) is 0.455. The molecule has 6 heteroatoms. The van der Waals surface area contributed by atoms with E-state index in [0.29, 0.717) is 36.9 Å². The molecule has 5 nitrogen and oxygen atoms in total. The highest BCUT2D eigenvalue weighted by Gasteiger charge is 2.35. The minimum atomic E-state index is -0.849. The molecule has 2 heterocycles. The van der Waals surface area contributed by atoms with Crippen molar-refractivity contribution >= 4 is 23.2 Å². The molecule has 0 spiro atoms. The number of hydrogen-bond acceptors (Lipinski definition) is 4. The second-order valence-electron chi connectivity index (χ2n) is 4.09. The summed E-state index contributed by atoms with van der Waals surface area (Å²) < 4.78 is 5.19. The number of aromatic nitrogens is 1. The molecule has 1 amide bonds. The van der Waals surface area contributed by atoms with Gasteiger partial charge in [0, 0.05) is 13.2 Å². The second-order valence-corrected chi connectivity index (χ2v) is 4.48. The largest absolute Gasteiger partial charge is 0.381 e. The number of carbonyl (C=O) groups excluding carboxylic acids is 1. The van der Waals surface area contributed by atoms with Crippen LogP contribution in [-0.2, 0) is 9.53 Å². The summed E-state index contributed by atoms with van der Waals surface area (Å²) in [7, 11) is 0. The number of nitrogens with two attached hydrogens (primary N) is 1. The van der Waals surface area contributed by atoms with E-state index >= 15 is 0 Å². The Balaban J connectivity index is 2.03. The number of anilines is 1. The van der Waals surface area contributed by atoms with Crippen molar-refractivity contribution in [2.45, 2.75) is 18.4 Å². The molecule has 1 fully saturated rings. The van der Waals surface area contributed by atoms with Crippen molar-refractivity contribution in [1.82, 2.24) is 4.98 Å². The first kappa shape index (κ1) is 12.3. The predicted molar refractivity (Wildman–Crippen MR) is 64.8 cm³/mol. The van der Waals surface area contributed by atoms with Crippen molar-refractivity contribution in [3.05, 3.63) is 23.5 Å². The van der Waals surface area contributed by atoms with Crippen LogP contribution in [-0.4, -0.2) is 29.6 Å². The van der Waals surface area contributed by atoms with Crippen LogP contribution in [0.4, 0.5) is 5.69 Å². The van der Waals surface area contributed by atoms with E-state index in [2.05, 4.69) is 10.3 Å². The Bertz CT molecular complexity index is 402. The summed E-state index contributed by atoms with van der Waals surface area (Å²) in [6.07, 6.45) is 2.56. The lowest BCUT2D eigenvalue weighted by atomic mass is 9.90. The Morgan fingerprint density at radius 1 is 1.47 bits per heavy atom. The normalized spacial score (nSPS) is 18.7. The van der Waals surface area contributed by atoms with Gasteiger partial charge in [-0.15, -0.1) is 0 Å². The van der Waals surface area contributed by atoms with Crippen LogP contribution in [0.25, 0.3) is 0 Å². The van der Waals surface area contributed by atoms with E-state index in [4.69, 9.17) is 22.1 Å². The Morgan fingerprint density at radius 2 is 2.18 bits per heavy atom. The molecule has 0 atom stereocenters. The van der Waals surface area contributed by atoms with Gasteiger partial charge in [-0.25, -0.2) is 4.98 Å². The Kier molecular flexibility index (Phi) is 3.61. The van der Waals surface area contributed by atoms with Gasteiger partial charge < -0.3 is 15.8 Å². The zero-order chi connectivity index (χ0) is 12.3. The molecule has 2 rings (SSSR count). The van der Waals surface area contributed by atoms with Gasteiger partial charge in [-0.3, -0.25) is 4.79 Å². The number of ether oxygens (including phenoxy) is 1. The maximum atomic E-state index is 12.0. The first-order chi connectivity index (χ1) is 8.10. The van der Waals surface area contributed by atoms with Gasteiger partial charge >= 0.3 is 0 Å². The lowest BCUT2D eigenvalue weighted by Crippen LogP contribution is -2.54. The summed E-state index contributed by atoms with van der Waals surface area (Å²) >= 11 is 5.66. The molecule has 0 radical (unpaired) electrons. The van der Waals surface area contributed by atoms with Crippen molar-refractivity contribution < 1.29 is 9.53 Å². The Morgan fingerprint density at radius 3 is 2.76 bits per heavy atom. The van der Waals surface area contributed by atoms with Crippen LogP contribution in [0.1, 0.15) is 12.8 Å². The van der Waals surface area contributed by atoms with E-state index < -0.39 is 5.54 Å². The molecule has 1 saturated heterocycles. The Hall–Kier alpha value is -1.17. The van der Waals surface area contributed by atoms with Crippen LogP contribution in [0.15, 0.2) is 18.3 Å². The smallest absolute Gasteiger partial charge is 0.244 e. The van der Waals surface area contributed by atoms with Gasteiger partial charge in [0.25, 0.3) is 0 Å². The highest BCUT2D eigenvalue weighted by Crippen LogP contribution is 2.20. The van der Waals surface area contributed by atoms with Crippen LogP contribution >= 0.6 is 11.6 Å². The van der Waals surface area contributed by atoms with Crippen LogP contribution in [0.3, 0.4) is 0 Å². The van der Waals surface area contributed by atoms with Crippen molar-refractivity contribution in [3.63, 3.8) is 0 Å². The molecule has 0 saturated carbocycles. The third-order valence-electron chi connectivity index (χ3n) is 2.82. The Labute approximate surface area is 104 Å². The van der Waals surface area contributed by atoms with E-state index in [1.165, 1.54) is 6.20 Å². The number of halogens is 1. The number of amides is 1. The molecule has 0 aromatic carbocycles. The van der Waals surface area contributed by atoms with Crippen LogP contribution < -0.4 is 11.1 Å². The highest BCUT2D eigenvalue weighted by atomic mass is 35.5. The van der Waals surface area contributed by atoms with Gasteiger partial charge in [-0.1, -0.05) is 11.6 Å². The van der Waals surface area contributed by atoms with E-state index in [1.54, 1.807) is 12.1 Å². The van der Waals surface area contributed by atoms with Crippen molar-refractivity contribution in [3.8, 4) is 0 Å². The van der Waals surface area contributed by atoms with Gasteiger partial charge in [0.1, 0.15) is 10.7 Å². The summed E-state index contributed by atoms with van der Waals surface area (Å²) in [6.45, 7) is 1.03. The molecule has 1 aliphatic rings. The van der Waals surface area contributed by atoms with Gasteiger partial charge in [0.2, 0.25) is 5.91 Å². The lowest BCUT2D eigenvalue weighted by Gasteiger charge is -2.31. The number of rotatable bonds is 2. The van der Waals surface area contributed by atoms with Crippen molar-refractivity contribution in [1.29, 1.82) is 0 Å². The van der Waals surface area contributed by atoms with Gasteiger partial charge in [0.05, 0.1) is 11.9 Å². The van der Waals surface area contributed by atoms with E-state index in [1.807, 2.05) is 0 Å². The fourth-order valence-corrected chi connectivity index (χ4v) is 1.78. The number of nitrogens with one attached hydrogen (secondary N) is 1. The second kappa shape index (κ2) is 5.00. The van der Waals surface area contributed by atoms with Crippen LogP contribution in [0.5, 0.6) is 0 Å². The monoisotopic (exact) mass is 255 g/mol. The molecule has 1 aliphatic heterocycles. The fourth-order valence-electron chi connectivity index (χ4n) is 1.67. The third kappa shape index (κ3) is 2.94. The summed E-state index contributed by atoms with van der Waals surface area (Å²) in [6, 6.07) is 3.31. The predicted octanol–water partition coefficient (Wildman–Crippen LogP) is 1.18. The molecule has 92 valence electrons. The topological polar surface area (TPSA) is 77.2 Å². The van der Waals surface area contributed by atoms with Crippen LogP contribution in [0.2, 0.25) is 5.15 Å². The number of pyridine rings is 1. The lowest BCUT2D eigenvalue weighted by molar-refractivity contribution is -0.124. The quantitative estimate of drug-likeness (QED) is 0.778. The maximum absolute atomic E-state index is 12.0. The SMILES string of the molecule is NC1(C(=O)Nc2ccc(Cl)nc2)CCOCC1. The van der Waals surface area contributed by atoms with Crippen LogP contribution in [0, 0.1) is 0 Å². The van der Waals surface area contributed by atoms with Crippen molar-refractivity contribution in [2.24, 2.45) is 5.73 Å². The highest BCUT2D eigenvalue weighted by molar-refractivity contribution is 6.29. The molecule has 3 N–H and O–H groups in total. The average molecular weight is 256 g/mol. The minimum absolute atomic E-state index is 0.204. The van der Waals surface area contributed by atoms with E-state index in [0.717, 1.165) is 0 Å². The molecule has 1 aromatic heterocycles. The maximum Gasteiger partial charge on any atom is 0.244 e. The number of carbonyl (C=O) groups is 1. The molecule has 0 bridgehead atoms. The molecule has 0 unspecified atom stereocenters. The summed E-state index contributed by atoms with van der Waals surface area (Å²) in [5, 5.41) is 3.12. The summed E-state index contributed by atoms with van der Waals surface area (Å²) in [5.41, 5.74) is 5.79. The molecular formula is C11H14ClN3O2. The molecular weight excluding hydrogens is 242 g/mol. The number of nitrogens with zero attached hydrogens (tertiary/aromatic N) is 1. The summed E-state index contributed by atoms with van der Waals surface area (Å²) in [4.78, 5) is 15.9. The molecule has 17 heavy (non-hydrogen) atoms. The van der Waals surface area contributed by atoms with Gasteiger partial charge in [-0.2, -0.15) is 0 Å². The zero-order valence-corrected chi connectivity index (χ0v) is 10.0. The minimum Gasteiger partial charge on any atom is -0.381 e. The van der Waals surface area contributed by atoms with Gasteiger partial charge in [0.15, 0.2) is 0 Å². The number of hydrogen-bond donors (Lipinski definition) is 2. The standard InChI is InChI=1S/C11H14ClN3O2/c12-9-2-1-8(7-14-9)15-10(16)11(13)3-5-17-6-4-11/h1-2,7H,3-6,13H2,(H,15,16). The average Bonchev–Trinajstić information content (AvgIpc) is 2.33. The zero-order valence-electron chi connectivity index (χ0n) is 9.28. The third-order valence-corrected chi connectivity index (χ3v) is 3.05. The first-order valence-electron chi connectivity index (χ1n) is 5.40. The van der Waals surface area contributed by atoms with Gasteiger partial charge in [-0.05, 0) is 25.0 Å². The first-order valence-corrected chi connectivity index (χ1v) is 5.78. The molecule has 1 aromatic rings.